The standard InChI is InChI=1S/C17H15F3O2/c1-10(2)11-4-3-5-12(8-11)15-9-13(17(18,19)20)6-7-14(15)16(21)22/h3-10H,1-2H3,(H,21,22). The average Bonchev–Trinajstić information content (AvgIpc) is 2.45. The molecule has 0 radical (unpaired) electrons. The minimum absolute atomic E-state index is 0.0739. The van der Waals surface area contributed by atoms with Crippen molar-refractivity contribution in [2.24, 2.45) is 0 Å². The zero-order chi connectivity index (χ0) is 16.5. The number of carboxylic acids is 1. The lowest BCUT2D eigenvalue weighted by atomic mass is 9.93. The summed E-state index contributed by atoms with van der Waals surface area (Å²) >= 11 is 0. The summed E-state index contributed by atoms with van der Waals surface area (Å²) in [5, 5.41) is 9.22. The van der Waals surface area contributed by atoms with Crippen molar-refractivity contribution in [2.75, 3.05) is 0 Å². The van der Waals surface area contributed by atoms with Gasteiger partial charge in [0.15, 0.2) is 0 Å². The van der Waals surface area contributed by atoms with Crippen LogP contribution >= 0.6 is 0 Å². The van der Waals surface area contributed by atoms with E-state index in [9.17, 15) is 23.1 Å². The van der Waals surface area contributed by atoms with E-state index in [0.717, 1.165) is 23.8 Å². The number of hydrogen-bond donors (Lipinski definition) is 1. The van der Waals surface area contributed by atoms with Crippen molar-refractivity contribution in [1.82, 2.24) is 0 Å². The molecular formula is C17H15F3O2. The van der Waals surface area contributed by atoms with Crippen LogP contribution in [0.3, 0.4) is 0 Å². The molecule has 5 heteroatoms. The molecule has 0 heterocycles. The van der Waals surface area contributed by atoms with E-state index in [1.54, 1.807) is 18.2 Å². The minimum atomic E-state index is -4.51. The van der Waals surface area contributed by atoms with Crippen LogP contribution in [0.2, 0.25) is 0 Å². The molecule has 0 unspecified atom stereocenters. The average molecular weight is 308 g/mol. The van der Waals surface area contributed by atoms with Gasteiger partial charge in [-0.2, -0.15) is 13.2 Å². The molecule has 0 fully saturated rings. The highest BCUT2D eigenvalue weighted by molar-refractivity contribution is 5.96. The number of rotatable bonds is 3. The molecule has 2 aromatic rings. The maximum absolute atomic E-state index is 12.9. The van der Waals surface area contributed by atoms with Gasteiger partial charge in [0.25, 0.3) is 0 Å². The molecule has 0 atom stereocenters. The van der Waals surface area contributed by atoms with Crippen LogP contribution < -0.4 is 0 Å². The number of halogens is 3. The first kappa shape index (κ1) is 16.1. The highest BCUT2D eigenvalue weighted by Gasteiger charge is 2.31. The van der Waals surface area contributed by atoms with E-state index in [0.29, 0.717) is 5.56 Å². The molecule has 1 N–H and O–H groups in total. The van der Waals surface area contributed by atoms with E-state index in [1.165, 1.54) is 0 Å². The smallest absolute Gasteiger partial charge is 0.416 e. The summed E-state index contributed by atoms with van der Waals surface area (Å²) in [6, 6.07) is 9.61. The quantitative estimate of drug-likeness (QED) is 0.846. The van der Waals surface area contributed by atoms with E-state index < -0.39 is 17.7 Å². The fraction of sp³-hybridized carbons (Fsp3) is 0.235. The van der Waals surface area contributed by atoms with Crippen molar-refractivity contribution in [3.63, 3.8) is 0 Å². The molecule has 0 amide bonds. The van der Waals surface area contributed by atoms with Crippen LogP contribution in [0.25, 0.3) is 11.1 Å². The summed E-state index contributed by atoms with van der Waals surface area (Å²) in [6.45, 7) is 3.92. The second-order valence-corrected chi connectivity index (χ2v) is 5.34. The van der Waals surface area contributed by atoms with E-state index in [1.807, 2.05) is 19.9 Å². The van der Waals surface area contributed by atoms with E-state index >= 15 is 0 Å². The molecule has 0 bridgehead atoms. The number of aromatic carboxylic acids is 1. The molecule has 2 aromatic carbocycles. The normalized spacial score (nSPS) is 11.7. The van der Waals surface area contributed by atoms with Crippen molar-refractivity contribution in [2.45, 2.75) is 25.9 Å². The first-order valence-corrected chi connectivity index (χ1v) is 6.75. The highest BCUT2D eigenvalue weighted by atomic mass is 19.4. The predicted molar refractivity (Wildman–Crippen MR) is 77.9 cm³/mol. The lowest BCUT2D eigenvalue weighted by molar-refractivity contribution is -0.137. The largest absolute Gasteiger partial charge is 0.478 e. The Hall–Kier alpha value is -2.30. The summed E-state index contributed by atoms with van der Waals surface area (Å²) < 4.78 is 38.6. The van der Waals surface area contributed by atoms with Gasteiger partial charge in [-0.05, 0) is 40.8 Å². The molecule has 0 aliphatic rings. The Bertz CT molecular complexity index is 703. The molecule has 116 valence electrons. The predicted octanol–water partition coefficient (Wildman–Crippen LogP) is 5.19. The van der Waals surface area contributed by atoms with Crippen molar-refractivity contribution in [3.05, 3.63) is 59.2 Å². The van der Waals surface area contributed by atoms with Gasteiger partial charge in [0.05, 0.1) is 11.1 Å². The van der Waals surface area contributed by atoms with E-state index in [4.69, 9.17) is 0 Å². The lowest BCUT2D eigenvalue weighted by Crippen LogP contribution is -2.08. The van der Waals surface area contributed by atoms with Gasteiger partial charge in [0, 0.05) is 0 Å². The van der Waals surface area contributed by atoms with Gasteiger partial charge in [0.2, 0.25) is 0 Å². The second-order valence-electron chi connectivity index (χ2n) is 5.34. The molecule has 0 spiro atoms. The van der Waals surface area contributed by atoms with Gasteiger partial charge >= 0.3 is 12.1 Å². The van der Waals surface area contributed by atoms with Crippen LogP contribution in [0, 0.1) is 0 Å². The third kappa shape index (κ3) is 3.30. The highest BCUT2D eigenvalue weighted by Crippen LogP contribution is 2.34. The van der Waals surface area contributed by atoms with Crippen LogP contribution in [0.15, 0.2) is 42.5 Å². The van der Waals surface area contributed by atoms with E-state index in [2.05, 4.69) is 0 Å². The monoisotopic (exact) mass is 308 g/mol. The van der Waals surface area contributed by atoms with Crippen molar-refractivity contribution in [1.29, 1.82) is 0 Å². The van der Waals surface area contributed by atoms with Gasteiger partial charge in [-0.25, -0.2) is 4.79 Å². The molecule has 0 saturated heterocycles. The molecule has 0 saturated carbocycles. The first-order valence-electron chi connectivity index (χ1n) is 6.75. The molecular weight excluding hydrogens is 293 g/mol. The fourth-order valence-corrected chi connectivity index (χ4v) is 2.21. The topological polar surface area (TPSA) is 37.3 Å². The Morgan fingerprint density at radius 1 is 1.09 bits per heavy atom. The van der Waals surface area contributed by atoms with Crippen molar-refractivity contribution >= 4 is 5.97 Å². The third-order valence-corrected chi connectivity index (χ3v) is 3.44. The fourth-order valence-electron chi connectivity index (χ4n) is 2.21. The minimum Gasteiger partial charge on any atom is -0.478 e. The Kier molecular flexibility index (Phi) is 4.26. The zero-order valence-corrected chi connectivity index (χ0v) is 12.1. The molecule has 0 aliphatic carbocycles. The van der Waals surface area contributed by atoms with Crippen LogP contribution in [-0.2, 0) is 6.18 Å². The molecule has 2 rings (SSSR count). The lowest BCUT2D eigenvalue weighted by Gasteiger charge is -2.13. The molecule has 0 aliphatic heterocycles. The van der Waals surface area contributed by atoms with Crippen LogP contribution in [0.4, 0.5) is 13.2 Å². The van der Waals surface area contributed by atoms with Crippen LogP contribution in [-0.4, -0.2) is 11.1 Å². The summed E-state index contributed by atoms with van der Waals surface area (Å²) in [7, 11) is 0. The Morgan fingerprint density at radius 3 is 2.32 bits per heavy atom. The summed E-state index contributed by atoms with van der Waals surface area (Å²) in [5.41, 5.74) is 0.474. The molecule has 2 nitrogen and oxygen atoms in total. The van der Waals surface area contributed by atoms with Gasteiger partial charge in [-0.15, -0.1) is 0 Å². The maximum Gasteiger partial charge on any atom is 0.416 e. The summed E-state index contributed by atoms with van der Waals surface area (Å²) in [4.78, 5) is 11.3. The molecule has 0 aromatic heterocycles. The van der Waals surface area contributed by atoms with Gasteiger partial charge in [-0.1, -0.05) is 38.1 Å². The maximum atomic E-state index is 12.9. The Morgan fingerprint density at radius 2 is 1.77 bits per heavy atom. The van der Waals surface area contributed by atoms with Gasteiger partial charge in [-0.3, -0.25) is 0 Å². The third-order valence-electron chi connectivity index (χ3n) is 3.44. The van der Waals surface area contributed by atoms with Crippen LogP contribution in [0.1, 0.15) is 41.3 Å². The second kappa shape index (κ2) is 5.83. The number of carboxylic acid groups (broad SMARTS) is 1. The van der Waals surface area contributed by atoms with Crippen molar-refractivity contribution < 1.29 is 23.1 Å². The van der Waals surface area contributed by atoms with Crippen molar-refractivity contribution in [3.8, 4) is 11.1 Å². The number of hydrogen-bond acceptors (Lipinski definition) is 1. The number of benzene rings is 2. The van der Waals surface area contributed by atoms with E-state index in [-0.39, 0.29) is 17.0 Å². The van der Waals surface area contributed by atoms with Gasteiger partial charge in [0.1, 0.15) is 0 Å². The summed E-state index contributed by atoms with van der Waals surface area (Å²) in [5.74, 6) is -1.06. The number of alkyl halides is 3. The summed E-state index contributed by atoms with van der Waals surface area (Å²) in [6.07, 6.45) is -4.51. The first-order chi connectivity index (χ1) is 10.2. The zero-order valence-electron chi connectivity index (χ0n) is 12.1. The van der Waals surface area contributed by atoms with Crippen LogP contribution in [0.5, 0.6) is 0 Å². The number of carbonyl (C=O) groups is 1. The SMILES string of the molecule is CC(C)c1cccc(-c2cc(C(F)(F)F)ccc2C(=O)O)c1. The Balaban J connectivity index is 2.66. The molecule has 22 heavy (non-hydrogen) atoms. The van der Waals surface area contributed by atoms with Gasteiger partial charge < -0.3 is 5.11 Å². The Labute approximate surface area is 126 Å².